The zero-order valence-corrected chi connectivity index (χ0v) is 12.8. The quantitative estimate of drug-likeness (QED) is 0.740. The fourth-order valence-corrected chi connectivity index (χ4v) is 2.42. The molecule has 0 bridgehead atoms. The molecule has 0 saturated carbocycles. The van der Waals surface area contributed by atoms with E-state index < -0.39 is 0 Å². The van der Waals surface area contributed by atoms with Gasteiger partial charge in [0, 0.05) is 19.0 Å². The van der Waals surface area contributed by atoms with E-state index >= 15 is 0 Å². The number of esters is 1. The molecule has 108 valence electrons. The molecule has 0 aliphatic carbocycles. The number of aromatic nitrogens is 1. The Morgan fingerprint density at radius 1 is 1.53 bits per heavy atom. The number of nitrogens with zero attached hydrogens (tertiary/aromatic N) is 1. The van der Waals surface area contributed by atoms with Gasteiger partial charge < -0.3 is 9.47 Å². The second-order valence-electron chi connectivity index (χ2n) is 4.52. The Bertz CT molecular complexity index is 393. The van der Waals surface area contributed by atoms with Crippen molar-refractivity contribution >= 4 is 17.3 Å². The SMILES string of the molecule is CCOC(=O)[C@@H](NCc1csc(COC)n1)C(C)C. The third kappa shape index (κ3) is 5.26. The molecule has 0 saturated heterocycles. The number of methoxy groups -OCH3 is 1. The molecular weight excluding hydrogens is 264 g/mol. The van der Waals surface area contributed by atoms with Crippen molar-refractivity contribution in [2.45, 2.75) is 40.0 Å². The number of thiazole rings is 1. The van der Waals surface area contributed by atoms with Gasteiger partial charge in [-0.3, -0.25) is 10.1 Å². The van der Waals surface area contributed by atoms with Gasteiger partial charge in [-0.2, -0.15) is 0 Å². The molecule has 1 aromatic heterocycles. The number of hydrogen-bond acceptors (Lipinski definition) is 6. The Morgan fingerprint density at radius 3 is 2.84 bits per heavy atom. The second kappa shape index (κ2) is 8.24. The van der Waals surface area contributed by atoms with Crippen molar-refractivity contribution in [2.24, 2.45) is 5.92 Å². The largest absolute Gasteiger partial charge is 0.465 e. The summed E-state index contributed by atoms with van der Waals surface area (Å²) in [7, 11) is 1.65. The van der Waals surface area contributed by atoms with Crippen LogP contribution < -0.4 is 5.32 Å². The number of nitrogens with one attached hydrogen (secondary N) is 1. The lowest BCUT2D eigenvalue weighted by Gasteiger charge is -2.19. The van der Waals surface area contributed by atoms with Gasteiger partial charge >= 0.3 is 5.97 Å². The number of carbonyl (C=O) groups is 1. The van der Waals surface area contributed by atoms with Crippen molar-refractivity contribution in [3.63, 3.8) is 0 Å². The van der Waals surface area contributed by atoms with Crippen LogP contribution in [0, 0.1) is 5.92 Å². The first kappa shape index (κ1) is 16.1. The van der Waals surface area contributed by atoms with Gasteiger partial charge in [-0.1, -0.05) is 13.8 Å². The van der Waals surface area contributed by atoms with Gasteiger partial charge in [0.1, 0.15) is 11.0 Å². The second-order valence-corrected chi connectivity index (χ2v) is 5.46. The molecule has 0 spiro atoms. The lowest BCUT2D eigenvalue weighted by Crippen LogP contribution is -2.41. The van der Waals surface area contributed by atoms with Crippen LogP contribution in [0.2, 0.25) is 0 Å². The minimum atomic E-state index is -0.299. The van der Waals surface area contributed by atoms with Crippen molar-refractivity contribution in [1.29, 1.82) is 0 Å². The zero-order valence-electron chi connectivity index (χ0n) is 11.9. The molecule has 0 aliphatic rings. The van der Waals surface area contributed by atoms with Gasteiger partial charge in [-0.15, -0.1) is 11.3 Å². The zero-order chi connectivity index (χ0) is 14.3. The van der Waals surface area contributed by atoms with E-state index in [1.54, 1.807) is 18.4 Å². The average molecular weight is 286 g/mol. The lowest BCUT2D eigenvalue weighted by molar-refractivity contribution is -0.146. The van der Waals surface area contributed by atoms with Crippen LogP contribution in [0.5, 0.6) is 0 Å². The summed E-state index contributed by atoms with van der Waals surface area (Å²) in [4.78, 5) is 16.2. The summed E-state index contributed by atoms with van der Waals surface area (Å²) in [5.74, 6) is -0.0269. The molecule has 1 rings (SSSR count). The molecule has 0 fully saturated rings. The molecule has 6 heteroatoms. The van der Waals surface area contributed by atoms with Crippen LogP contribution in [-0.4, -0.2) is 30.7 Å². The van der Waals surface area contributed by atoms with Crippen LogP contribution in [0.25, 0.3) is 0 Å². The fraction of sp³-hybridized carbons (Fsp3) is 0.692. The molecule has 1 N–H and O–H groups in total. The summed E-state index contributed by atoms with van der Waals surface area (Å²) in [5.41, 5.74) is 0.923. The molecule has 0 amide bonds. The van der Waals surface area contributed by atoms with E-state index in [0.717, 1.165) is 10.7 Å². The Hall–Kier alpha value is -0.980. The van der Waals surface area contributed by atoms with Crippen molar-refractivity contribution in [3.05, 3.63) is 16.1 Å². The molecule has 1 atom stereocenters. The van der Waals surface area contributed by atoms with E-state index in [4.69, 9.17) is 9.47 Å². The monoisotopic (exact) mass is 286 g/mol. The molecule has 0 radical (unpaired) electrons. The summed E-state index contributed by atoms with van der Waals surface area (Å²) in [5, 5.41) is 6.12. The highest BCUT2D eigenvalue weighted by Crippen LogP contribution is 2.12. The van der Waals surface area contributed by atoms with Crippen LogP contribution in [-0.2, 0) is 27.4 Å². The van der Waals surface area contributed by atoms with E-state index in [1.165, 1.54) is 0 Å². The first-order valence-electron chi connectivity index (χ1n) is 6.40. The molecular formula is C13H22N2O3S. The molecule has 1 heterocycles. The van der Waals surface area contributed by atoms with Crippen molar-refractivity contribution < 1.29 is 14.3 Å². The maximum atomic E-state index is 11.8. The molecule has 1 aromatic rings. The van der Waals surface area contributed by atoms with Crippen LogP contribution in [0.4, 0.5) is 0 Å². The van der Waals surface area contributed by atoms with Gasteiger partial charge in [0.05, 0.1) is 18.9 Å². The van der Waals surface area contributed by atoms with E-state index in [-0.39, 0.29) is 17.9 Å². The van der Waals surface area contributed by atoms with E-state index in [0.29, 0.717) is 19.8 Å². The number of carbonyl (C=O) groups excluding carboxylic acids is 1. The van der Waals surface area contributed by atoms with Gasteiger partial charge in [-0.05, 0) is 12.8 Å². The minimum Gasteiger partial charge on any atom is -0.465 e. The Balaban J connectivity index is 2.53. The minimum absolute atomic E-state index is 0.177. The average Bonchev–Trinajstić information content (AvgIpc) is 2.77. The highest BCUT2D eigenvalue weighted by atomic mass is 32.1. The maximum Gasteiger partial charge on any atom is 0.323 e. The van der Waals surface area contributed by atoms with Crippen molar-refractivity contribution in [3.8, 4) is 0 Å². The first-order chi connectivity index (χ1) is 9.08. The fourth-order valence-electron chi connectivity index (χ4n) is 1.66. The lowest BCUT2D eigenvalue weighted by atomic mass is 10.0. The first-order valence-corrected chi connectivity index (χ1v) is 7.28. The molecule has 0 aromatic carbocycles. The van der Waals surface area contributed by atoms with Gasteiger partial charge in [0.2, 0.25) is 0 Å². The summed E-state index contributed by atoms with van der Waals surface area (Å²) < 4.78 is 10.1. The third-order valence-corrected chi connectivity index (χ3v) is 3.45. The Morgan fingerprint density at radius 2 is 2.26 bits per heavy atom. The Kier molecular flexibility index (Phi) is 6.97. The van der Waals surface area contributed by atoms with Crippen LogP contribution in [0.15, 0.2) is 5.38 Å². The highest BCUT2D eigenvalue weighted by molar-refractivity contribution is 7.09. The normalized spacial score (nSPS) is 12.7. The topological polar surface area (TPSA) is 60.5 Å². The number of hydrogen-bond donors (Lipinski definition) is 1. The van der Waals surface area contributed by atoms with Crippen molar-refractivity contribution in [1.82, 2.24) is 10.3 Å². The van der Waals surface area contributed by atoms with E-state index in [2.05, 4.69) is 10.3 Å². The van der Waals surface area contributed by atoms with Crippen LogP contribution >= 0.6 is 11.3 Å². The van der Waals surface area contributed by atoms with E-state index in [9.17, 15) is 4.79 Å². The predicted octanol–water partition coefficient (Wildman–Crippen LogP) is 1.97. The summed E-state index contributed by atoms with van der Waals surface area (Å²) in [6.07, 6.45) is 0. The third-order valence-electron chi connectivity index (χ3n) is 2.58. The standard InChI is InChI=1S/C13H22N2O3S/c1-5-18-13(16)12(9(2)3)14-6-10-8-19-11(15-10)7-17-4/h8-9,12,14H,5-7H2,1-4H3/t12-/m0/s1. The summed E-state index contributed by atoms with van der Waals surface area (Å²) in [6, 6.07) is -0.299. The van der Waals surface area contributed by atoms with E-state index in [1.807, 2.05) is 26.2 Å². The summed E-state index contributed by atoms with van der Waals surface area (Å²) in [6.45, 7) is 7.28. The summed E-state index contributed by atoms with van der Waals surface area (Å²) >= 11 is 1.56. The van der Waals surface area contributed by atoms with Crippen LogP contribution in [0.3, 0.4) is 0 Å². The maximum absolute atomic E-state index is 11.8. The molecule has 5 nitrogen and oxygen atoms in total. The highest BCUT2D eigenvalue weighted by Gasteiger charge is 2.22. The Labute approximate surface area is 118 Å². The number of ether oxygens (including phenoxy) is 2. The van der Waals surface area contributed by atoms with Crippen LogP contribution in [0.1, 0.15) is 31.5 Å². The van der Waals surface area contributed by atoms with Gasteiger partial charge in [-0.25, -0.2) is 4.98 Å². The van der Waals surface area contributed by atoms with Crippen molar-refractivity contribution in [2.75, 3.05) is 13.7 Å². The van der Waals surface area contributed by atoms with Gasteiger partial charge in [0.25, 0.3) is 0 Å². The molecule has 0 aliphatic heterocycles. The number of rotatable bonds is 8. The molecule has 19 heavy (non-hydrogen) atoms. The van der Waals surface area contributed by atoms with Gasteiger partial charge in [0.15, 0.2) is 0 Å². The predicted molar refractivity (Wildman–Crippen MR) is 74.9 cm³/mol. The smallest absolute Gasteiger partial charge is 0.323 e. The molecule has 0 unspecified atom stereocenters.